The van der Waals surface area contributed by atoms with Crippen LogP contribution in [0.15, 0.2) is 60.0 Å². The number of benzene rings is 2. The van der Waals surface area contributed by atoms with Crippen LogP contribution in [0.25, 0.3) is 0 Å². The van der Waals surface area contributed by atoms with E-state index in [0.29, 0.717) is 30.1 Å². The van der Waals surface area contributed by atoms with E-state index in [0.717, 1.165) is 16.8 Å². The summed E-state index contributed by atoms with van der Waals surface area (Å²) in [6.07, 6.45) is 0.368. The van der Waals surface area contributed by atoms with Crippen LogP contribution in [0.4, 0.5) is 15.8 Å². The van der Waals surface area contributed by atoms with E-state index in [2.05, 4.69) is 5.32 Å². The van der Waals surface area contributed by atoms with Crippen molar-refractivity contribution in [2.75, 3.05) is 24.3 Å². The van der Waals surface area contributed by atoms with Gasteiger partial charge in [-0.3, -0.25) is 9.59 Å². The molecule has 0 saturated carbocycles. The average Bonchev–Trinajstić information content (AvgIpc) is 3.29. The zero-order chi connectivity index (χ0) is 22.4. The second-order valence-corrected chi connectivity index (χ2v) is 8.35. The SMILES string of the molecule is CCC(=O)N(Cc1ccc(F)cc1)Cc1cc(NC(=O)c2cccs2)ccc1N(C)C. The van der Waals surface area contributed by atoms with Crippen LogP contribution in [0.3, 0.4) is 0 Å². The molecule has 2 amide bonds. The zero-order valence-electron chi connectivity index (χ0n) is 17.9. The molecule has 0 aliphatic rings. The minimum absolute atomic E-state index is 0.00190. The predicted molar refractivity (Wildman–Crippen MR) is 124 cm³/mol. The number of carbonyl (C=O) groups excluding carboxylic acids is 2. The van der Waals surface area contributed by atoms with Gasteiger partial charge in [-0.1, -0.05) is 25.1 Å². The van der Waals surface area contributed by atoms with Crippen LogP contribution in [0.2, 0.25) is 0 Å². The van der Waals surface area contributed by atoms with Gasteiger partial charge in [0.1, 0.15) is 5.82 Å². The molecule has 7 heteroatoms. The number of hydrogen-bond acceptors (Lipinski definition) is 4. The van der Waals surface area contributed by atoms with Crippen LogP contribution in [0.5, 0.6) is 0 Å². The first-order valence-corrected chi connectivity index (χ1v) is 10.9. The van der Waals surface area contributed by atoms with Crippen LogP contribution >= 0.6 is 11.3 Å². The van der Waals surface area contributed by atoms with Crippen molar-refractivity contribution in [2.24, 2.45) is 0 Å². The molecule has 0 atom stereocenters. The minimum Gasteiger partial charge on any atom is -0.377 e. The van der Waals surface area contributed by atoms with Gasteiger partial charge < -0.3 is 15.1 Å². The van der Waals surface area contributed by atoms with Gasteiger partial charge >= 0.3 is 0 Å². The first-order valence-electron chi connectivity index (χ1n) is 10.0. The van der Waals surface area contributed by atoms with E-state index < -0.39 is 0 Å². The summed E-state index contributed by atoms with van der Waals surface area (Å²) in [4.78, 5) is 29.5. The van der Waals surface area contributed by atoms with E-state index in [4.69, 9.17) is 0 Å². The Morgan fingerprint density at radius 3 is 2.39 bits per heavy atom. The molecule has 0 fully saturated rings. The number of carbonyl (C=O) groups is 2. The number of nitrogens with one attached hydrogen (secondary N) is 1. The summed E-state index contributed by atoms with van der Waals surface area (Å²) >= 11 is 1.38. The van der Waals surface area contributed by atoms with E-state index in [9.17, 15) is 14.0 Å². The Labute approximate surface area is 186 Å². The first kappa shape index (κ1) is 22.5. The molecule has 0 bridgehead atoms. The summed E-state index contributed by atoms with van der Waals surface area (Å²) in [5.41, 5.74) is 3.40. The van der Waals surface area contributed by atoms with Gasteiger partial charge in [0, 0.05) is 45.0 Å². The highest BCUT2D eigenvalue weighted by Crippen LogP contribution is 2.26. The molecule has 1 N–H and O–H groups in total. The second-order valence-electron chi connectivity index (χ2n) is 7.40. The Kier molecular flexibility index (Phi) is 7.41. The molecule has 2 aromatic carbocycles. The Balaban J connectivity index is 1.86. The molecule has 0 saturated heterocycles. The van der Waals surface area contributed by atoms with Crippen LogP contribution in [0.1, 0.15) is 34.1 Å². The highest BCUT2D eigenvalue weighted by atomic mass is 32.1. The molecule has 3 aromatic rings. The molecule has 0 aliphatic heterocycles. The Bertz CT molecular complexity index is 1030. The van der Waals surface area contributed by atoms with Gasteiger partial charge in [-0.25, -0.2) is 4.39 Å². The van der Waals surface area contributed by atoms with Crippen molar-refractivity contribution in [3.63, 3.8) is 0 Å². The molecule has 0 aliphatic carbocycles. The van der Waals surface area contributed by atoms with Crippen molar-refractivity contribution < 1.29 is 14.0 Å². The Hall–Kier alpha value is -3.19. The van der Waals surface area contributed by atoms with Gasteiger partial charge in [-0.15, -0.1) is 11.3 Å². The molecule has 0 radical (unpaired) electrons. The lowest BCUT2D eigenvalue weighted by Crippen LogP contribution is -2.30. The van der Waals surface area contributed by atoms with Crippen molar-refractivity contribution in [3.8, 4) is 0 Å². The fraction of sp³-hybridized carbons (Fsp3) is 0.250. The summed E-state index contributed by atoms with van der Waals surface area (Å²) in [6, 6.07) is 15.5. The molecule has 31 heavy (non-hydrogen) atoms. The molecule has 1 aromatic heterocycles. The van der Waals surface area contributed by atoms with Crippen molar-refractivity contribution in [2.45, 2.75) is 26.4 Å². The normalized spacial score (nSPS) is 10.6. The molecular weight excluding hydrogens is 413 g/mol. The summed E-state index contributed by atoms with van der Waals surface area (Å²) in [5.74, 6) is -0.463. The molecule has 1 heterocycles. The van der Waals surface area contributed by atoms with Crippen molar-refractivity contribution in [1.82, 2.24) is 4.90 Å². The second kappa shape index (κ2) is 10.2. The highest BCUT2D eigenvalue weighted by Gasteiger charge is 2.17. The van der Waals surface area contributed by atoms with E-state index in [1.54, 1.807) is 23.1 Å². The topological polar surface area (TPSA) is 52.7 Å². The van der Waals surface area contributed by atoms with Crippen molar-refractivity contribution in [3.05, 3.63) is 81.8 Å². The maximum absolute atomic E-state index is 13.3. The lowest BCUT2D eigenvalue weighted by Gasteiger charge is -2.26. The number of anilines is 2. The maximum Gasteiger partial charge on any atom is 0.265 e. The molecular formula is C24H26FN3O2S. The number of amides is 2. The largest absolute Gasteiger partial charge is 0.377 e. The third-order valence-corrected chi connectivity index (χ3v) is 5.74. The van der Waals surface area contributed by atoms with Crippen LogP contribution in [-0.4, -0.2) is 30.8 Å². The maximum atomic E-state index is 13.3. The number of thiophene rings is 1. The summed E-state index contributed by atoms with van der Waals surface area (Å²) in [6.45, 7) is 2.58. The number of nitrogens with zero attached hydrogens (tertiary/aromatic N) is 2. The molecule has 5 nitrogen and oxygen atoms in total. The van der Waals surface area contributed by atoms with Crippen molar-refractivity contribution >= 4 is 34.5 Å². The van der Waals surface area contributed by atoms with E-state index in [-0.39, 0.29) is 17.6 Å². The van der Waals surface area contributed by atoms with E-state index >= 15 is 0 Å². The van der Waals surface area contributed by atoms with Gasteiger partial charge in [0.25, 0.3) is 5.91 Å². The van der Waals surface area contributed by atoms with Gasteiger partial charge in [0.05, 0.1) is 4.88 Å². The fourth-order valence-electron chi connectivity index (χ4n) is 3.30. The monoisotopic (exact) mass is 439 g/mol. The van der Waals surface area contributed by atoms with E-state index in [1.165, 1.54) is 23.5 Å². The molecule has 162 valence electrons. The van der Waals surface area contributed by atoms with Gasteiger partial charge in [-0.2, -0.15) is 0 Å². The quantitative estimate of drug-likeness (QED) is 0.528. The Morgan fingerprint density at radius 2 is 1.77 bits per heavy atom. The fourth-order valence-corrected chi connectivity index (χ4v) is 3.92. The summed E-state index contributed by atoms with van der Waals surface area (Å²) in [7, 11) is 3.88. The number of halogens is 1. The van der Waals surface area contributed by atoms with Gasteiger partial charge in [0.2, 0.25) is 5.91 Å². The number of rotatable bonds is 8. The standard InChI is InChI=1S/C24H26FN3O2S/c1-4-23(29)28(15-17-7-9-19(25)10-8-17)16-18-14-20(11-12-21(18)27(2)3)26-24(30)22-6-5-13-31-22/h5-14H,4,15-16H2,1-3H3,(H,26,30). The smallest absolute Gasteiger partial charge is 0.265 e. The minimum atomic E-state index is -0.304. The van der Waals surface area contributed by atoms with Crippen molar-refractivity contribution in [1.29, 1.82) is 0 Å². The Morgan fingerprint density at radius 1 is 1.03 bits per heavy atom. The lowest BCUT2D eigenvalue weighted by atomic mass is 10.1. The van der Waals surface area contributed by atoms with Gasteiger partial charge in [0.15, 0.2) is 0 Å². The molecule has 0 spiro atoms. The zero-order valence-corrected chi connectivity index (χ0v) is 18.7. The van der Waals surface area contributed by atoms with Gasteiger partial charge in [-0.05, 0) is 52.9 Å². The number of hydrogen-bond donors (Lipinski definition) is 1. The average molecular weight is 440 g/mol. The highest BCUT2D eigenvalue weighted by molar-refractivity contribution is 7.12. The van der Waals surface area contributed by atoms with E-state index in [1.807, 2.05) is 55.6 Å². The van der Waals surface area contributed by atoms with Crippen LogP contribution in [-0.2, 0) is 17.9 Å². The third kappa shape index (κ3) is 5.92. The lowest BCUT2D eigenvalue weighted by molar-refractivity contribution is -0.132. The molecule has 0 unspecified atom stereocenters. The first-order chi connectivity index (χ1) is 14.9. The third-order valence-electron chi connectivity index (χ3n) is 4.87. The molecule has 3 rings (SSSR count). The van der Waals surface area contributed by atoms with Crippen LogP contribution in [0, 0.1) is 5.82 Å². The van der Waals surface area contributed by atoms with Crippen LogP contribution < -0.4 is 10.2 Å². The predicted octanol–water partition coefficient (Wildman–Crippen LogP) is 5.14. The summed E-state index contributed by atoms with van der Waals surface area (Å²) in [5, 5.41) is 4.79. The summed E-state index contributed by atoms with van der Waals surface area (Å²) < 4.78 is 13.3.